The number of phenolic OH excluding ortho intramolecular Hbond substituents is 1. The molecule has 0 aliphatic carbocycles. The Hall–Kier alpha value is -5.00. The minimum atomic E-state index is -1.66. The van der Waals surface area contributed by atoms with Crippen molar-refractivity contribution >= 4 is 40.6 Å². The number of thioether (sulfide) groups is 1. The molecule has 15 nitrogen and oxygen atoms in total. The van der Waals surface area contributed by atoms with E-state index in [1.54, 1.807) is 0 Å². The van der Waals surface area contributed by atoms with Crippen LogP contribution in [0, 0.1) is 13.8 Å². The number of hydrogen-bond donors (Lipinski definition) is 5. The fourth-order valence-corrected chi connectivity index (χ4v) is 13.3. The summed E-state index contributed by atoms with van der Waals surface area (Å²) in [5.41, 5.74) is 4.01. The van der Waals surface area contributed by atoms with Crippen molar-refractivity contribution in [2.75, 3.05) is 26.3 Å². The molecule has 3 fully saturated rings. The number of nitrogens with zero attached hydrogens (tertiary/aromatic N) is 2. The van der Waals surface area contributed by atoms with Gasteiger partial charge in [0.15, 0.2) is 28.5 Å². The van der Waals surface area contributed by atoms with Crippen LogP contribution in [0.1, 0.15) is 82.2 Å². The molecule has 2 unspecified atom stereocenters. The first-order valence-electron chi connectivity index (χ1n) is 19.5. The number of aromatic amines is 1. The third-order valence-electron chi connectivity index (χ3n) is 13.9. The Morgan fingerprint density at radius 1 is 1.07 bits per heavy atom. The molecule has 8 aliphatic heterocycles. The number of aliphatic carboxylic acids is 1. The van der Waals surface area contributed by atoms with Crippen molar-refractivity contribution in [3.63, 3.8) is 0 Å². The number of fused-ring (bicyclic) bond motifs is 10. The number of piperazine rings is 1. The average Bonchev–Trinajstić information content (AvgIpc) is 3.88. The fraction of sp³-hybridized carbons (Fsp3) is 0.452. The van der Waals surface area contributed by atoms with Crippen LogP contribution in [0.4, 0.5) is 0 Å². The third-order valence-corrected chi connectivity index (χ3v) is 15.4. The zero-order chi connectivity index (χ0) is 40.3. The van der Waals surface area contributed by atoms with Gasteiger partial charge in [-0.1, -0.05) is 18.2 Å². The van der Waals surface area contributed by atoms with E-state index < -0.39 is 64.6 Å². The number of para-hydroxylation sites is 1. The van der Waals surface area contributed by atoms with E-state index >= 15 is 0 Å². The summed E-state index contributed by atoms with van der Waals surface area (Å²) in [7, 11) is 1.53. The van der Waals surface area contributed by atoms with Crippen LogP contribution in [0.5, 0.6) is 28.7 Å². The third kappa shape index (κ3) is 4.36. The van der Waals surface area contributed by atoms with Gasteiger partial charge in [-0.2, -0.15) is 0 Å². The quantitative estimate of drug-likeness (QED) is 0.147. The van der Waals surface area contributed by atoms with Gasteiger partial charge in [0, 0.05) is 63.8 Å². The van der Waals surface area contributed by atoms with Crippen LogP contribution in [0.25, 0.3) is 10.9 Å². The Kier molecular flexibility index (Phi) is 7.49. The van der Waals surface area contributed by atoms with Gasteiger partial charge < -0.3 is 44.0 Å². The van der Waals surface area contributed by atoms with E-state index in [4.69, 9.17) is 23.7 Å². The van der Waals surface area contributed by atoms with Gasteiger partial charge in [-0.15, -0.1) is 11.8 Å². The second-order valence-electron chi connectivity index (χ2n) is 16.7. The Balaban J connectivity index is 1.18. The van der Waals surface area contributed by atoms with Crippen molar-refractivity contribution < 1.29 is 53.4 Å². The van der Waals surface area contributed by atoms with E-state index in [9.17, 15) is 29.7 Å². The lowest BCUT2D eigenvalue weighted by Crippen LogP contribution is -2.75. The molecule has 16 heteroatoms. The lowest BCUT2D eigenvalue weighted by atomic mass is 9.72. The number of ether oxygens (including phenoxy) is 5. The molecule has 5 N–H and O–H groups in total. The Bertz CT molecular complexity index is 2540. The van der Waals surface area contributed by atoms with Crippen molar-refractivity contribution in [2.45, 2.75) is 93.3 Å². The number of nitrogens with one attached hydrogen (secondary N) is 2. The molecule has 58 heavy (non-hydrogen) atoms. The normalized spacial score (nSPS) is 32.7. The summed E-state index contributed by atoms with van der Waals surface area (Å²) in [5, 5.41) is 38.7. The first-order valence-corrected chi connectivity index (χ1v) is 20.5. The molecule has 12 rings (SSSR count). The van der Waals surface area contributed by atoms with E-state index in [0.717, 1.165) is 22.0 Å². The van der Waals surface area contributed by atoms with Crippen LogP contribution >= 0.6 is 11.8 Å². The number of aromatic nitrogens is 1. The molecule has 4 aromatic rings. The number of H-pyrrole nitrogens is 1. The highest BCUT2D eigenvalue weighted by atomic mass is 32.2. The van der Waals surface area contributed by atoms with Gasteiger partial charge in [-0.05, 0) is 56.0 Å². The summed E-state index contributed by atoms with van der Waals surface area (Å²) >= 11 is 1.38. The van der Waals surface area contributed by atoms with Gasteiger partial charge in [-0.3, -0.25) is 24.7 Å². The van der Waals surface area contributed by atoms with Crippen molar-refractivity contribution in [1.29, 1.82) is 0 Å². The Labute approximate surface area is 336 Å². The molecule has 3 aromatic carbocycles. The predicted octanol–water partition coefficient (Wildman–Crippen LogP) is 4.08. The second kappa shape index (κ2) is 12.0. The zero-order valence-corrected chi connectivity index (χ0v) is 33.2. The highest BCUT2D eigenvalue weighted by Gasteiger charge is 2.71. The summed E-state index contributed by atoms with van der Waals surface area (Å²) in [4.78, 5) is 48.6. The summed E-state index contributed by atoms with van der Waals surface area (Å²) in [6, 6.07) is 6.17. The maximum Gasteiger partial charge on any atom is 0.333 e. The van der Waals surface area contributed by atoms with Gasteiger partial charge in [0.25, 0.3) is 0 Å². The van der Waals surface area contributed by atoms with Crippen molar-refractivity contribution in [2.24, 2.45) is 0 Å². The zero-order valence-electron chi connectivity index (χ0n) is 32.4. The summed E-state index contributed by atoms with van der Waals surface area (Å²) < 4.78 is 30.6. The van der Waals surface area contributed by atoms with Crippen LogP contribution in [-0.4, -0.2) is 98.6 Å². The average molecular weight is 811 g/mol. The number of methoxy groups -OCH3 is 1. The molecular weight excluding hydrogens is 769 g/mol. The molecule has 1 spiro atoms. The molecule has 3 saturated heterocycles. The van der Waals surface area contributed by atoms with E-state index in [1.165, 1.54) is 25.8 Å². The lowest BCUT2D eigenvalue weighted by Gasteiger charge is -2.67. The smallest absolute Gasteiger partial charge is 0.333 e. The monoisotopic (exact) mass is 810 g/mol. The number of carboxylic acids is 1. The summed E-state index contributed by atoms with van der Waals surface area (Å²) in [5.74, 6) is -0.858. The minimum Gasteiger partial charge on any atom is -0.504 e. The van der Waals surface area contributed by atoms with Gasteiger partial charge in [0.2, 0.25) is 6.79 Å². The molecule has 0 amide bonds. The van der Waals surface area contributed by atoms with Crippen molar-refractivity contribution in [3.8, 4) is 28.7 Å². The van der Waals surface area contributed by atoms with Gasteiger partial charge in [0.1, 0.15) is 24.6 Å². The number of aromatic hydroxyl groups is 1. The standard InChI is InChI=1S/C42H42N4O11S/c1-16-10-21-26(31(48)32(16)53-5)29-30-36-28-27(35-34(55-15-56-35)17(2)33(28)57-18(3)47)25(45(30)38(49)24-12-41(21,4)46(24)29)13-54-40(52)42(14-58-36)37-20(11-23(44-42)39(50)51)19-8-6-7-9-22(19)43-37/h6-10,23-25,29-30,36,38,43-44,48-49H,11-15H2,1-5H3,(H,50,51)/t23-,24+,25-,29?,30+,36+,38-,41?,42+/m0/s1. The first-order chi connectivity index (χ1) is 27.8. The number of carbonyl (C=O) groups excluding carboxylic acids is 2. The molecule has 8 aliphatic rings. The predicted molar refractivity (Wildman–Crippen MR) is 207 cm³/mol. The fourth-order valence-electron chi connectivity index (χ4n) is 11.6. The van der Waals surface area contributed by atoms with Crippen molar-refractivity contribution in [3.05, 3.63) is 75.0 Å². The van der Waals surface area contributed by atoms with Crippen LogP contribution in [-0.2, 0) is 36.6 Å². The minimum absolute atomic E-state index is 0.0253. The van der Waals surface area contributed by atoms with Gasteiger partial charge in [-0.25, -0.2) is 4.79 Å². The SMILES string of the molecule is COc1c(C)cc2c(c1O)C1[C@@H]3[C@@H]4SC[C@]5(N[C@H](C(=O)O)Cc6c5[nH]c5ccccc65)C(=O)OC[C@@H](c5c6c(c(C)c(OC(C)=O)c54)OCO6)N3[C@@H](O)[C@H]3CC2(C)N13. The summed E-state index contributed by atoms with van der Waals surface area (Å²) in [6.45, 7) is 6.81. The molecule has 9 heterocycles. The molecule has 1 aromatic heterocycles. The Morgan fingerprint density at radius 3 is 2.60 bits per heavy atom. The van der Waals surface area contributed by atoms with E-state index in [-0.39, 0.29) is 43.1 Å². The maximum absolute atomic E-state index is 15.0. The molecule has 9 atom stereocenters. The molecular formula is C42H42N4O11S. The number of aliphatic hydroxyl groups excluding tert-OH is 1. The molecule has 2 bridgehead atoms. The van der Waals surface area contributed by atoms with E-state index in [0.29, 0.717) is 57.2 Å². The van der Waals surface area contributed by atoms with Gasteiger partial charge >= 0.3 is 17.9 Å². The number of hydrogen-bond acceptors (Lipinski definition) is 14. The number of benzene rings is 3. The first kappa shape index (κ1) is 36.1. The number of esters is 2. The number of aryl methyl sites for hydroxylation is 1. The van der Waals surface area contributed by atoms with Crippen LogP contribution < -0.4 is 24.3 Å². The number of carbonyl (C=O) groups is 3. The van der Waals surface area contributed by atoms with Crippen LogP contribution in [0.15, 0.2) is 30.3 Å². The molecule has 0 radical (unpaired) electrons. The maximum atomic E-state index is 15.0. The van der Waals surface area contributed by atoms with Gasteiger partial charge in [0.05, 0.1) is 36.2 Å². The largest absolute Gasteiger partial charge is 0.504 e. The topological polar surface area (TPSA) is 192 Å². The number of rotatable bonds is 3. The highest BCUT2D eigenvalue weighted by Crippen LogP contribution is 2.70. The number of phenols is 1. The Morgan fingerprint density at radius 2 is 1.84 bits per heavy atom. The lowest BCUT2D eigenvalue weighted by molar-refractivity contribution is -0.249. The van der Waals surface area contributed by atoms with E-state index in [1.807, 2.05) is 43.0 Å². The number of aliphatic hydroxyl groups is 1. The van der Waals surface area contributed by atoms with Crippen LogP contribution in [0.3, 0.4) is 0 Å². The summed E-state index contributed by atoms with van der Waals surface area (Å²) in [6.07, 6.45) is -0.317. The van der Waals surface area contributed by atoms with E-state index in [2.05, 4.69) is 28.2 Å². The van der Waals surface area contributed by atoms with Crippen LogP contribution in [0.2, 0.25) is 0 Å². The molecule has 0 saturated carbocycles. The second-order valence-corrected chi connectivity index (χ2v) is 17.9. The highest BCUT2D eigenvalue weighted by molar-refractivity contribution is 7.99. The molecule has 302 valence electrons. The van der Waals surface area contributed by atoms with Crippen molar-refractivity contribution in [1.82, 2.24) is 20.1 Å². The number of carboxylic acid groups (broad SMARTS) is 1.